The third kappa shape index (κ3) is 5.36. The molecule has 1 unspecified atom stereocenters. The Labute approximate surface area is 198 Å². The predicted octanol–water partition coefficient (Wildman–Crippen LogP) is 2.45. The van der Waals surface area contributed by atoms with Gasteiger partial charge < -0.3 is 25.0 Å². The van der Waals surface area contributed by atoms with Gasteiger partial charge in [0, 0.05) is 44.1 Å². The van der Waals surface area contributed by atoms with Crippen LogP contribution in [-0.4, -0.2) is 70.1 Å². The number of guanidine groups is 1. The number of aliphatic carboxylic acids is 1. The molecule has 1 fully saturated rings. The molecule has 1 atom stereocenters. The molecule has 10 heteroatoms. The third-order valence-corrected chi connectivity index (χ3v) is 6.21. The largest absolute Gasteiger partial charge is 0.481 e. The van der Waals surface area contributed by atoms with Crippen LogP contribution in [0.25, 0.3) is 0 Å². The Hall–Kier alpha value is -3.87. The SMILES string of the molecule is COc1ccc(C(CC(=O)O)N2CCN(CCCc3ccc4c(n3)NCCC4)/C2=N\C#N)cn1. The number of carboxylic acids is 1. The highest BCUT2D eigenvalue weighted by Gasteiger charge is 2.34. The Balaban J connectivity index is 1.44. The molecule has 178 valence electrons. The molecule has 34 heavy (non-hydrogen) atoms. The minimum Gasteiger partial charge on any atom is -0.481 e. The molecule has 2 aromatic heterocycles. The molecule has 2 aliphatic heterocycles. The fourth-order valence-electron chi connectivity index (χ4n) is 4.54. The van der Waals surface area contributed by atoms with E-state index in [1.165, 1.54) is 12.7 Å². The van der Waals surface area contributed by atoms with Crippen LogP contribution in [0.5, 0.6) is 5.88 Å². The van der Waals surface area contributed by atoms with Gasteiger partial charge in [0.05, 0.1) is 19.6 Å². The first kappa shape index (κ1) is 23.3. The van der Waals surface area contributed by atoms with Gasteiger partial charge in [-0.2, -0.15) is 5.26 Å². The van der Waals surface area contributed by atoms with Gasteiger partial charge in [-0.3, -0.25) is 4.79 Å². The monoisotopic (exact) mass is 463 g/mol. The summed E-state index contributed by atoms with van der Waals surface area (Å²) in [7, 11) is 1.53. The van der Waals surface area contributed by atoms with Crippen LogP contribution in [0.2, 0.25) is 0 Å². The van der Waals surface area contributed by atoms with Crippen LogP contribution in [0.4, 0.5) is 5.82 Å². The van der Waals surface area contributed by atoms with Crippen LogP contribution < -0.4 is 10.1 Å². The van der Waals surface area contributed by atoms with E-state index in [4.69, 9.17) is 9.72 Å². The Morgan fingerprint density at radius 1 is 1.35 bits per heavy atom. The van der Waals surface area contributed by atoms with Crippen LogP contribution in [-0.2, 0) is 17.6 Å². The third-order valence-electron chi connectivity index (χ3n) is 6.21. The molecule has 0 aliphatic carbocycles. The first-order valence-electron chi connectivity index (χ1n) is 11.5. The zero-order valence-electron chi connectivity index (χ0n) is 19.3. The molecule has 1 saturated heterocycles. The van der Waals surface area contributed by atoms with E-state index in [0.29, 0.717) is 31.5 Å². The van der Waals surface area contributed by atoms with Crippen LogP contribution in [0.1, 0.15) is 42.1 Å². The molecule has 0 aromatic carbocycles. The van der Waals surface area contributed by atoms with E-state index in [0.717, 1.165) is 49.3 Å². The van der Waals surface area contributed by atoms with Crippen molar-refractivity contribution < 1.29 is 14.6 Å². The number of hydrogen-bond donors (Lipinski definition) is 2. The number of pyridine rings is 2. The molecule has 2 aromatic rings. The fraction of sp³-hybridized carbons (Fsp3) is 0.458. The topological polar surface area (TPSA) is 127 Å². The van der Waals surface area contributed by atoms with Crippen molar-refractivity contribution in [2.75, 3.05) is 38.6 Å². The highest BCUT2D eigenvalue weighted by molar-refractivity contribution is 5.84. The number of aromatic nitrogens is 2. The van der Waals surface area contributed by atoms with Gasteiger partial charge in [0.15, 0.2) is 0 Å². The van der Waals surface area contributed by atoms with Gasteiger partial charge in [0.2, 0.25) is 18.0 Å². The Kier molecular flexibility index (Phi) is 7.42. The lowest BCUT2D eigenvalue weighted by Gasteiger charge is -2.29. The highest BCUT2D eigenvalue weighted by atomic mass is 16.5. The van der Waals surface area contributed by atoms with Crippen molar-refractivity contribution in [1.82, 2.24) is 19.8 Å². The fourth-order valence-corrected chi connectivity index (χ4v) is 4.54. The minimum atomic E-state index is -0.928. The van der Waals surface area contributed by atoms with Gasteiger partial charge in [0.1, 0.15) is 5.82 Å². The van der Waals surface area contributed by atoms with E-state index in [9.17, 15) is 15.2 Å². The van der Waals surface area contributed by atoms with Gasteiger partial charge in [-0.15, -0.1) is 4.99 Å². The quantitative estimate of drug-likeness (QED) is 0.539. The number of aryl methyl sites for hydroxylation is 2. The molecule has 2 N–H and O–H groups in total. The standard InChI is InChI=1S/C24H29N7O3/c1-34-21-9-7-18(15-27-21)20(14-22(32)33)31-13-12-30(24(31)28-16-25)11-3-5-19-8-6-17-4-2-10-26-23(17)29-19/h6-9,15,20H,2-5,10-14H2,1H3,(H,26,29)(H,32,33)/b28-24+. The lowest BCUT2D eigenvalue weighted by Crippen LogP contribution is -2.37. The lowest BCUT2D eigenvalue weighted by molar-refractivity contribution is -0.138. The number of hydrogen-bond acceptors (Lipinski definition) is 7. The summed E-state index contributed by atoms with van der Waals surface area (Å²) in [5.41, 5.74) is 3.05. The number of ether oxygens (including phenoxy) is 1. The Bertz CT molecular complexity index is 1080. The van der Waals surface area contributed by atoms with E-state index >= 15 is 0 Å². The molecule has 4 heterocycles. The van der Waals surface area contributed by atoms with Gasteiger partial charge in [0.25, 0.3) is 0 Å². The number of rotatable bonds is 9. The van der Waals surface area contributed by atoms with Crippen molar-refractivity contribution in [3.05, 3.63) is 47.3 Å². The van der Waals surface area contributed by atoms with E-state index in [1.54, 1.807) is 12.3 Å². The average Bonchev–Trinajstić information content (AvgIpc) is 3.25. The van der Waals surface area contributed by atoms with Gasteiger partial charge in [-0.1, -0.05) is 12.1 Å². The molecular weight excluding hydrogens is 434 g/mol. The van der Waals surface area contributed by atoms with Crippen LogP contribution >= 0.6 is 0 Å². The predicted molar refractivity (Wildman–Crippen MR) is 126 cm³/mol. The summed E-state index contributed by atoms with van der Waals surface area (Å²) in [6.45, 7) is 2.90. The molecular formula is C24H29N7O3. The van der Waals surface area contributed by atoms with Crippen LogP contribution in [0, 0.1) is 11.5 Å². The van der Waals surface area contributed by atoms with Crippen molar-refractivity contribution in [1.29, 1.82) is 5.26 Å². The van der Waals surface area contributed by atoms with Crippen LogP contribution in [0.15, 0.2) is 35.5 Å². The molecule has 2 aliphatic rings. The number of aliphatic imine (C=N–C) groups is 1. The maximum atomic E-state index is 11.6. The Morgan fingerprint density at radius 3 is 2.97 bits per heavy atom. The van der Waals surface area contributed by atoms with E-state index in [2.05, 4.69) is 27.4 Å². The maximum absolute atomic E-state index is 11.6. The summed E-state index contributed by atoms with van der Waals surface area (Å²) >= 11 is 0. The zero-order chi connectivity index (χ0) is 23.9. The number of anilines is 1. The number of nitrogens with one attached hydrogen (secondary N) is 1. The van der Waals surface area contributed by atoms with Crippen molar-refractivity contribution >= 4 is 17.7 Å². The van der Waals surface area contributed by atoms with Gasteiger partial charge >= 0.3 is 5.97 Å². The van der Waals surface area contributed by atoms with Crippen molar-refractivity contribution in [2.45, 2.75) is 38.1 Å². The molecule has 4 rings (SSSR count). The second kappa shape index (κ2) is 10.8. The second-order valence-electron chi connectivity index (χ2n) is 8.38. The number of nitriles is 1. The number of methoxy groups -OCH3 is 1. The summed E-state index contributed by atoms with van der Waals surface area (Å²) in [5.74, 6) is 1.03. The van der Waals surface area contributed by atoms with E-state index in [1.807, 2.05) is 22.1 Å². The second-order valence-corrected chi connectivity index (χ2v) is 8.38. The summed E-state index contributed by atoms with van der Waals surface area (Å²) in [6, 6.07) is 7.28. The van der Waals surface area contributed by atoms with Crippen molar-refractivity contribution in [3.63, 3.8) is 0 Å². The number of carboxylic acid groups (broad SMARTS) is 1. The molecule has 0 spiro atoms. The van der Waals surface area contributed by atoms with Gasteiger partial charge in [-0.05, 0) is 42.9 Å². The lowest BCUT2D eigenvalue weighted by atomic mass is 10.0. The van der Waals surface area contributed by atoms with E-state index < -0.39 is 12.0 Å². The molecule has 0 bridgehead atoms. The summed E-state index contributed by atoms with van der Waals surface area (Å²) in [5, 5.41) is 22.2. The zero-order valence-corrected chi connectivity index (χ0v) is 19.3. The first-order valence-corrected chi connectivity index (χ1v) is 11.5. The average molecular weight is 464 g/mol. The van der Waals surface area contributed by atoms with Gasteiger partial charge in [-0.25, -0.2) is 9.97 Å². The van der Waals surface area contributed by atoms with Crippen molar-refractivity contribution in [2.24, 2.45) is 4.99 Å². The molecule has 10 nitrogen and oxygen atoms in total. The number of fused-ring (bicyclic) bond motifs is 1. The van der Waals surface area contributed by atoms with Crippen LogP contribution in [0.3, 0.4) is 0 Å². The summed E-state index contributed by atoms with van der Waals surface area (Å²) < 4.78 is 5.12. The number of nitrogens with zero attached hydrogens (tertiary/aromatic N) is 6. The maximum Gasteiger partial charge on any atom is 0.305 e. The minimum absolute atomic E-state index is 0.127. The first-order chi connectivity index (χ1) is 16.6. The molecule has 0 saturated carbocycles. The smallest absolute Gasteiger partial charge is 0.305 e. The normalized spacial score (nSPS) is 17.1. The molecule has 0 radical (unpaired) electrons. The Morgan fingerprint density at radius 2 is 2.24 bits per heavy atom. The molecule has 0 amide bonds. The number of carbonyl (C=O) groups is 1. The summed E-state index contributed by atoms with van der Waals surface area (Å²) in [6.07, 6.45) is 7.24. The highest BCUT2D eigenvalue weighted by Crippen LogP contribution is 2.29. The van der Waals surface area contributed by atoms with Crippen molar-refractivity contribution in [3.8, 4) is 12.1 Å². The summed E-state index contributed by atoms with van der Waals surface area (Å²) in [4.78, 5) is 28.6. The van der Waals surface area contributed by atoms with E-state index in [-0.39, 0.29) is 6.42 Å².